The van der Waals surface area contributed by atoms with Gasteiger partial charge in [0.15, 0.2) is 5.58 Å². The third kappa shape index (κ3) is 2.85. The average Bonchev–Trinajstić information content (AvgIpc) is 3.12. The zero-order valence-corrected chi connectivity index (χ0v) is 11.9. The molecule has 0 radical (unpaired) electrons. The molecule has 0 saturated carbocycles. The Morgan fingerprint density at radius 1 is 1.52 bits per heavy atom. The molecule has 1 aromatic heterocycles. The molecule has 112 valence electrons. The van der Waals surface area contributed by atoms with Gasteiger partial charge >= 0.3 is 5.97 Å². The van der Waals surface area contributed by atoms with Gasteiger partial charge in [-0.05, 0) is 38.0 Å². The fraction of sp³-hybridized carbons (Fsp3) is 0.467. The Labute approximate surface area is 122 Å². The molecule has 1 unspecified atom stereocenters. The number of nitrogens with zero attached hydrogens (tertiary/aromatic N) is 2. The summed E-state index contributed by atoms with van der Waals surface area (Å²) in [4.78, 5) is 17.4. The van der Waals surface area contributed by atoms with E-state index in [1.54, 1.807) is 6.07 Å². The summed E-state index contributed by atoms with van der Waals surface area (Å²) in [6, 6.07) is 5.23. The highest BCUT2D eigenvalue weighted by Gasteiger charge is 2.21. The number of carboxylic acid groups (broad SMARTS) is 1. The lowest BCUT2D eigenvalue weighted by molar-refractivity contribution is 0.0697. The van der Waals surface area contributed by atoms with Crippen molar-refractivity contribution in [1.82, 2.24) is 4.98 Å². The Hall–Kier alpha value is -2.08. The number of benzene rings is 1. The number of oxazole rings is 1. The van der Waals surface area contributed by atoms with Crippen LogP contribution in [0.2, 0.25) is 0 Å². The second-order valence-corrected chi connectivity index (χ2v) is 5.16. The van der Waals surface area contributed by atoms with Crippen LogP contribution in [0.3, 0.4) is 0 Å². The summed E-state index contributed by atoms with van der Waals surface area (Å²) < 4.78 is 11.4. The van der Waals surface area contributed by atoms with Crippen LogP contribution in [0.4, 0.5) is 6.01 Å². The zero-order chi connectivity index (χ0) is 14.8. The van der Waals surface area contributed by atoms with Crippen LogP contribution < -0.4 is 4.90 Å². The molecule has 2 heterocycles. The molecule has 1 fully saturated rings. The van der Waals surface area contributed by atoms with Crippen molar-refractivity contribution >= 4 is 23.1 Å². The van der Waals surface area contributed by atoms with Crippen LogP contribution in [-0.2, 0) is 4.74 Å². The molecule has 0 spiro atoms. The van der Waals surface area contributed by atoms with Gasteiger partial charge in [0.25, 0.3) is 6.01 Å². The predicted molar refractivity (Wildman–Crippen MR) is 77.8 cm³/mol. The van der Waals surface area contributed by atoms with E-state index in [1.165, 1.54) is 12.1 Å². The summed E-state index contributed by atoms with van der Waals surface area (Å²) in [6.45, 7) is 4.36. The Morgan fingerprint density at radius 3 is 3.05 bits per heavy atom. The van der Waals surface area contributed by atoms with Crippen molar-refractivity contribution in [1.29, 1.82) is 0 Å². The number of carboxylic acids is 1. The van der Waals surface area contributed by atoms with Crippen LogP contribution in [-0.4, -0.2) is 41.9 Å². The van der Waals surface area contributed by atoms with Gasteiger partial charge in [-0.2, -0.15) is 4.98 Å². The highest BCUT2D eigenvalue weighted by atomic mass is 16.5. The molecule has 3 rings (SSSR count). The Balaban J connectivity index is 1.85. The van der Waals surface area contributed by atoms with E-state index >= 15 is 0 Å². The number of fused-ring (bicyclic) bond motifs is 1. The minimum Gasteiger partial charge on any atom is -0.478 e. The molecular formula is C15H18N2O4. The number of ether oxygens (including phenoxy) is 1. The molecule has 21 heavy (non-hydrogen) atoms. The zero-order valence-electron chi connectivity index (χ0n) is 11.9. The van der Waals surface area contributed by atoms with Crippen molar-refractivity contribution in [2.24, 2.45) is 0 Å². The van der Waals surface area contributed by atoms with Crippen molar-refractivity contribution in [2.45, 2.75) is 25.9 Å². The summed E-state index contributed by atoms with van der Waals surface area (Å²) >= 11 is 0. The summed E-state index contributed by atoms with van der Waals surface area (Å²) in [5.74, 6) is -0.971. The van der Waals surface area contributed by atoms with Gasteiger partial charge in [-0.1, -0.05) is 0 Å². The molecule has 2 aromatic rings. The largest absolute Gasteiger partial charge is 0.478 e. The molecule has 0 aliphatic carbocycles. The van der Waals surface area contributed by atoms with Crippen LogP contribution in [0, 0.1) is 0 Å². The first-order valence-corrected chi connectivity index (χ1v) is 7.18. The SMILES string of the molecule is CCN(CC1CCCO1)c1nc2ccc(C(=O)O)cc2o1. The molecule has 1 aromatic carbocycles. The third-order valence-corrected chi connectivity index (χ3v) is 3.72. The minimum absolute atomic E-state index is 0.201. The number of likely N-dealkylation sites (N-methyl/N-ethyl adjacent to an activating group) is 1. The van der Waals surface area contributed by atoms with Gasteiger partial charge in [-0.3, -0.25) is 0 Å². The van der Waals surface area contributed by atoms with E-state index in [0.29, 0.717) is 17.1 Å². The van der Waals surface area contributed by atoms with E-state index in [2.05, 4.69) is 4.98 Å². The lowest BCUT2D eigenvalue weighted by atomic mass is 10.2. The van der Waals surface area contributed by atoms with E-state index in [9.17, 15) is 4.79 Å². The third-order valence-electron chi connectivity index (χ3n) is 3.72. The first-order chi connectivity index (χ1) is 10.2. The lowest BCUT2D eigenvalue weighted by Crippen LogP contribution is -2.32. The van der Waals surface area contributed by atoms with E-state index in [1.807, 2.05) is 11.8 Å². The highest BCUT2D eigenvalue weighted by Crippen LogP contribution is 2.24. The average molecular weight is 290 g/mol. The first kappa shape index (κ1) is 13.9. The molecule has 1 N–H and O–H groups in total. The maximum absolute atomic E-state index is 11.0. The van der Waals surface area contributed by atoms with Crippen molar-refractivity contribution in [2.75, 3.05) is 24.6 Å². The fourth-order valence-corrected chi connectivity index (χ4v) is 2.56. The number of hydrogen-bond acceptors (Lipinski definition) is 5. The number of hydrogen-bond donors (Lipinski definition) is 1. The smallest absolute Gasteiger partial charge is 0.335 e. The van der Waals surface area contributed by atoms with Crippen LogP contribution in [0.25, 0.3) is 11.1 Å². The molecule has 1 aliphatic rings. The van der Waals surface area contributed by atoms with Crippen LogP contribution in [0.15, 0.2) is 22.6 Å². The van der Waals surface area contributed by atoms with Gasteiger partial charge in [-0.25, -0.2) is 4.79 Å². The monoisotopic (exact) mass is 290 g/mol. The Bertz CT molecular complexity index is 646. The van der Waals surface area contributed by atoms with Gasteiger partial charge < -0.3 is 19.2 Å². The van der Waals surface area contributed by atoms with Crippen LogP contribution >= 0.6 is 0 Å². The summed E-state index contributed by atoms with van der Waals surface area (Å²) in [5.41, 5.74) is 1.36. The molecule has 1 atom stereocenters. The van der Waals surface area contributed by atoms with E-state index in [4.69, 9.17) is 14.3 Å². The van der Waals surface area contributed by atoms with Crippen LogP contribution in [0.1, 0.15) is 30.1 Å². The molecule has 6 nitrogen and oxygen atoms in total. The predicted octanol–water partition coefficient (Wildman–Crippen LogP) is 2.53. The van der Waals surface area contributed by atoms with Gasteiger partial charge in [0.2, 0.25) is 0 Å². The second-order valence-electron chi connectivity index (χ2n) is 5.16. The second kappa shape index (κ2) is 5.73. The number of anilines is 1. The topological polar surface area (TPSA) is 75.8 Å². The maximum Gasteiger partial charge on any atom is 0.335 e. The number of aromatic carboxylic acids is 1. The Morgan fingerprint density at radius 2 is 2.38 bits per heavy atom. The van der Waals surface area contributed by atoms with Gasteiger partial charge in [0, 0.05) is 19.7 Å². The lowest BCUT2D eigenvalue weighted by Gasteiger charge is -2.21. The first-order valence-electron chi connectivity index (χ1n) is 7.18. The quantitative estimate of drug-likeness (QED) is 0.912. The van der Waals surface area contributed by atoms with Gasteiger partial charge in [0.1, 0.15) is 5.52 Å². The molecule has 6 heteroatoms. The number of carbonyl (C=O) groups is 1. The molecule has 0 bridgehead atoms. The summed E-state index contributed by atoms with van der Waals surface area (Å²) in [6.07, 6.45) is 2.37. The van der Waals surface area contributed by atoms with E-state index in [0.717, 1.165) is 32.5 Å². The summed E-state index contributed by atoms with van der Waals surface area (Å²) in [5, 5.41) is 9.01. The highest BCUT2D eigenvalue weighted by molar-refractivity contribution is 5.92. The van der Waals surface area contributed by atoms with Crippen LogP contribution in [0.5, 0.6) is 0 Å². The fourth-order valence-electron chi connectivity index (χ4n) is 2.56. The van der Waals surface area contributed by atoms with Crippen molar-refractivity contribution in [3.05, 3.63) is 23.8 Å². The standard InChI is InChI=1S/C15H18N2O4/c1-2-17(9-11-4-3-7-20-11)15-16-12-6-5-10(14(18)19)8-13(12)21-15/h5-6,8,11H,2-4,7,9H2,1H3,(H,18,19). The van der Waals surface area contributed by atoms with Gasteiger partial charge in [0.05, 0.1) is 11.7 Å². The molecule has 0 amide bonds. The molecule has 1 aliphatic heterocycles. The van der Waals surface area contributed by atoms with Crippen molar-refractivity contribution in [3.8, 4) is 0 Å². The van der Waals surface area contributed by atoms with E-state index in [-0.39, 0.29) is 11.7 Å². The van der Waals surface area contributed by atoms with Gasteiger partial charge in [-0.15, -0.1) is 0 Å². The molecular weight excluding hydrogens is 272 g/mol. The van der Waals surface area contributed by atoms with Crippen molar-refractivity contribution < 1.29 is 19.1 Å². The summed E-state index contributed by atoms with van der Waals surface area (Å²) in [7, 11) is 0. The number of aromatic nitrogens is 1. The Kier molecular flexibility index (Phi) is 3.79. The number of rotatable bonds is 5. The minimum atomic E-state index is -0.971. The maximum atomic E-state index is 11.0. The van der Waals surface area contributed by atoms with E-state index < -0.39 is 5.97 Å². The molecule has 1 saturated heterocycles. The normalized spacial score (nSPS) is 18.2. The van der Waals surface area contributed by atoms with Crippen molar-refractivity contribution in [3.63, 3.8) is 0 Å².